The first-order valence-corrected chi connectivity index (χ1v) is 5.66. The largest absolute Gasteiger partial charge is 0.463 e. The average molecular weight is 315 g/mol. The smallest absolute Gasteiger partial charge is 0.307 e. The maximum absolute atomic E-state index is 11.3. The molecule has 0 heterocycles. The van der Waals surface area contributed by atoms with Crippen LogP contribution < -0.4 is 0 Å². The zero-order chi connectivity index (χ0) is 11.1. The lowest BCUT2D eigenvalue weighted by atomic mass is 10.2. The molecule has 0 aromatic heterocycles. The number of ether oxygens (including phenoxy) is 1. The molecule has 0 fully saturated rings. The SMILES string of the molecule is CCC(C)OC(=O)CC(CO)N(C)I. The Hall–Kier alpha value is 0.120. The highest BCUT2D eigenvalue weighted by Gasteiger charge is 2.18. The fourth-order valence-electron chi connectivity index (χ4n) is 0.851. The van der Waals surface area contributed by atoms with Gasteiger partial charge in [0.25, 0.3) is 0 Å². The van der Waals surface area contributed by atoms with Crippen LogP contribution in [-0.2, 0) is 9.53 Å². The molecule has 0 aliphatic heterocycles. The number of aliphatic hydroxyl groups is 1. The van der Waals surface area contributed by atoms with E-state index < -0.39 is 0 Å². The fraction of sp³-hybridized carbons (Fsp3) is 0.889. The Labute approximate surface area is 99.1 Å². The predicted molar refractivity (Wildman–Crippen MR) is 63.1 cm³/mol. The maximum Gasteiger partial charge on any atom is 0.307 e. The van der Waals surface area contributed by atoms with Crippen LogP contribution in [0.25, 0.3) is 0 Å². The molecular weight excluding hydrogens is 297 g/mol. The second-order valence-electron chi connectivity index (χ2n) is 3.27. The standard InChI is InChI=1S/C9H18INO3/c1-4-7(2)14-9(13)5-8(6-12)11(3)10/h7-8,12H,4-6H2,1-3H3. The Morgan fingerprint density at radius 3 is 2.57 bits per heavy atom. The molecule has 0 aromatic rings. The molecule has 0 saturated heterocycles. The molecule has 0 radical (unpaired) electrons. The fourth-order valence-corrected chi connectivity index (χ4v) is 1.22. The molecule has 0 aliphatic carbocycles. The molecule has 2 unspecified atom stereocenters. The summed E-state index contributed by atoms with van der Waals surface area (Å²) in [6.07, 6.45) is 1.01. The summed E-state index contributed by atoms with van der Waals surface area (Å²) >= 11 is 2.05. The predicted octanol–water partition coefficient (Wildman–Crippen LogP) is 1.36. The highest BCUT2D eigenvalue weighted by atomic mass is 127. The van der Waals surface area contributed by atoms with Gasteiger partial charge in [-0.05, 0) is 20.4 Å². The number of carbonyl (C=O) groups excluding carboxylic acids is 1. The molecule has 0 saturated carbocycles. The number of rotatable bonds is 6. The molecule has 84 valence electrons. The van der Waals surface area contributed by atoms with E-state index in [1.165, 1.54) is 0 Å². The molecule has 0 aliphatic rings. The first-order chi connectivity index (χ1) is 6.51. The van der Waals surface area contributed by atoms with Crippen LogP contribution in [0, 0.1) is 0 Å². The van der Waals surface area contributed by atoms with Crippen LogP contribution in [-0.4, -0.2) is 40.0 Å². The normalized spacial score (nSPS) is 15.3. The molecule has 0 aromatic carbocycles. The van der Waals surface area contributed by atoms with E-state index in [2.05, 4.69) is 0 Å². The molecule has 5 heteroatoms. The van der Waals surface area contributed by atoms with Gasteiger partial charge in [-0.15, -0.1) is 0 Å². The van der Waals surface area contributed by atoms with Crippen molar-refractivity contribution in [2.75, 3.05) is 13.7 Å². The van der Waals surface area contributed by atoms with E-state index in [0.29, 0.717) is 0 Å². The summed E-state index contributed by atoms with van der Waals surface area (Å²) in [7, 11) is 1.82. The quantitative estimate of drug-likeness (QED) is 0.457. The summed E-state index contributed by atoms with van der Waals surface area (Å²) in [6, 6.07) is -0.160. The summed E-state index contributed by atoms with van der Waals surface area (Å²) in [5.41, 5.74) is 0. The summed E-state index contributed by atoms with van der Waals surface area (Å²) in [5.74, 6) is -0.248. The maximum atomic E-state index is 11.3. The van der Waals surface area contributed by atoms with E-state index in [9.17, 15) is 4.79 Å². The van der Waals surface area contributed by atoms with E-state index in [4.69, 9.17) is 9.84 Å². The van der Waals surface area contributed by atoms with Crippen LogP contribution >= 0.6 is 22.9 Å². The number of hydrogen-bond donors (Lipinski definition) is 1. The molecule has 0 amide bonds. The number of aliphatic hydroxyl groups excluding tert-OH is 1. The van der Waals surface area contributed by atoms with Crippen molar-refractivity contribution in [1.82, 2.24) is 3.11 Å². The Bertz CT molecular complexity index is 175. The van der Waals surface area contributed by atoms with Crippen molar-refractivity contribution in [2.45, 2.75) is 38.8 Å². The monoisotopic (exact) mass is 315 g/mol. The summed E-state index contributed by atoms with van der Waals surface area (Å²) < 4.78 is 6.89. The van der Waals surface area contributed by atoms with E-state index >= 15 is 0 Å². The van der Waals surface area contributed by atoms with Gasteiger partial charge >= 0.3 is 5.97 Å². The molecular formula is C9H18INO3. The molecule has 4 nitrogen and oxygen atoms in total. The summed E-state index contributed by atoms with van der Waals surface area (Å²) in [6.45, 7) is 3.79. The lowest BCUT2D eigenvalue weighted by Crippen LogP contribution is -2.31. The van der Waals surface area contributed by atoms with Gasteiger partial charge in [-0.3, -0.25) is 4.79 Å². The summed E-state index contributed by atoms with van der Waals surface area (Å²) in [5, 5.41) is 8.98. The minimum Gasteiger partial charge on any atom is -0.463 e. The second kappa shape index (κ2) is 7.42. The molecule has 2 atom stereocenters. The topological polar surface area (TPSA) is 49.8 Å². The van der Waals surface area contributed by atoms with Crippen molar-refractivity contribution >= 4 is 28.8 Å². The van der Waals surface area contributed by atoms with E-state index in [1.54, 1.807) is 3.11 Å². The van der Waals surface area contributed by atoms with Crippen LogP contribution in [0.3, 0.4) is 0 Å². The zero-order valence-corrected chi connectivity index (χ0v) is 11.0. The van der Waals surface area contributed by atoms with E-state index in [0.717, 1.165) is 6.42 Å². The van der Waals surface area contributed by atoms with Gasteiger partial charge in [-0.2, -0.15) is 0 Å². The summed E-state index contributed by atoms with van der Waals surface area (Å²) in [4.78, 5) is 11.3. The van der Waals surface area contributed by atoms with Gasteiger partial charge in [0.05, 0.1) is 25.2 Å². The molecule has 0 bridgehead atoms. The highest BCUT2D eigenvalue weighted by Crippen LogP contribution is 2.09. The van der Waals surface area contributed by atoms with Crippen molar-refractivity contribution in [3.05, 3.63) is 0 Å². The third-order valence-electron chi connectivity index (χ3n) is 2.02. The van der Waals surface area contributed by atoms with E-state index in [-0.39, 0.29) is 31.1 Å². The van der Waals surface area contributed by atoms with Crippen LogP contribution in [0.2, 0.25) is 0 Å². The number of halogens is 1. The Morgan fingerprint density at radius 1 is 1.64 bits per heavy atom. The Kier molecular flexibility index (Phi) is 7.48. The van der Waals surface area contributed by atoms with Crippen LogP contribution in [0.5, 0.6) is 0 Å². The van der Waals surface area contributed by atoms with Gasteiger partial charge < -0.3 is 9.84 Å². The third kappa shape index (κ3) is 5.77. The third-order valence-corrected chi connectivity index (χ3v) is 2.81. The highest BCUT2D eigenvalue weighted by molar-refractivity contribution is 14.1. The van der Waals surface area contributed by atoms with Crippen molar-refractivity contribution in [2.24, 2.45) is 0 Å². The van der Waals surface area contributed by atoms with Gasteiger partial charge in [-0.1, -0.05) is 6.92 Å². The van der Waals surface area contributed by atoms with Gasteiger partial charge in [0, 0.05) is 22.9 Å². The number of likely N-dealkylation sites (N-methyl/N-ethyl adjacent to an activating group) is 1. The first kappa shape index (κ1) is 14.1. The number of hydrogen-bond acceptors (Lipinski definition) is 4. The lowest BCUT2D eigenvalue weighted by Gasteiger charge is -2.20. The van der Waals surface area contributed by atoms with Crippen molar-refractivity contribution in [1.29, 1.82) is 0 Å². The Morgan fingerprint density at radius 2 is 2.21 bits per heavy atom. The van der Waals surface area contributed by atoms with Crippen LogP contribution in [0.4, 0.5) is 0 Å². The molecule has 0 spiro atoms. The van der Waals surface area contributed by atoms with Crippen LogP contribution in [0.1, 0.15) is 26.7 Å². The first-order valence-electron chi connectivity index (χ1n) is 4.70. The minimum absolute atomic E-state index is 0.0327. The number of nitrogens with zero attached hydrogens (tertiary/aromatic N) is 1. The number of carbonyl (C=O) groups is 1. The van der Waals surface area contributed by atoms with Crippen molar-refractivity contribution < 1.29 is 14.6 Å². The molecule has 1 N–H and O–H groups in total. The van der Waals surface area contributed by atoms with Gasteiger partial charge in [-0.25, -0.2) is 3.11 Å². The minimum atomic E-state index is -0.248. The van der Waals surface area contributed by atoms with Gasteiger partial charge in [0.2, 0.25) is 0 Å². The second-order valence-corrected chi connectivity index (χ2v) is 4.80. The van der Waals surface area contributed by atoms with Crippen LogP contribution in [0.15, 0.2) is 0 Å². The number of esters is 1. The van der Waals surface area contributed by atoms with Crippen molar-refractivity contribution in [3.8, 4) is 0 Å². The van der Waals surface area contributed by atoms with Crippen molar-refractivity contribution in [3.63, 3.8) is 0 Å². The van der Waals surface area contributed by atoms with Gasteiger partial charge in [0.1, 0.15) is 0 Å². The zero-order valence-electron chi connectivity index (χ0n) is 8.86. The van der Waals surface area contributed by atoms with E-state index in [1.807, 2.05) is 43.8 Å². The molecule has 14 heavy (non-hydrogen) atoms. The lowest BCUT2D eigenvalue weighted by molar-refractivity contribution is -0.149. The molecule has 0 rings (SSSR count). The Balaban J connectivity index is 3.91. The average Bonchev–Trinajstić information content (AvgIpc) is 2.13. The van der Waals surface area contributed by atoms with Gasteiger partial charge in [0.15, 0.2) is 0 Å².